The number of carboxylic acid groups (broad SMARTS) is 1. The van der Waals surface area contributed by atoms with Crippen molar-refractivity contribution in [1.29, 1.82) is 0 Å². The average Bonchev–Trinajstić information content (AvgIpc) is 2.72. The van der Waals surface area contributed by atoms with Crippen LogP contribution < -0.4 is 5.73 Å². The molecule has 2 atom stereocenters. The maximum atomic E-state index is 13.0. The van der Waals surface area contributed by atoms with Crippen molar-refractivity contribution in [2.24, 2.45) is 5.73 Å². The fourth-order valence-electron chi connectivity index (χ4n) is 4.15. The molecule has 0 saturated carbocycles. The van der Waals surface area contributed by atoms with Crippen LogP contribution in [0.1, 0.15) is 24.8 Å². The van der Waals surface area contributed by atoms with Crippen LogP contribution in [0.4, 0.5) is 0 Å². The Morgan fingerprint density at radius 3 is 2.45 bits per heavy atom. The first kappa shape index (κ1) is 24.2. The van der Waals surface area contributed by atoms with E-state index in [4.69, 9.17) is 28.9 Å². The Morgan fingerprint density at radius 1 is 1.13 bits per heavy atom. The number of carbonyl (C=O) groups is 1. The van der Waals surface area contributed by atoms with Crippen LogP contribution in [0.2, 0.25) is 10.0 Å². The summed E-state index contributed by atoms with van der Waals surface area (Å²) in [6, 6.07) is 13.0. The molecular formula is C22H27Cl2N2O4P. The molecule has 4 N–H and O–H groups in total. The molecule has 168 valence electrons. The van der Waals surface area contributed by atoms with E-state index in [-0.39, 0.29) is 19.1 Å². The molecule has 1 unspecified atom stereocenters. The van der Waals surface area contributed by atoms with Gasteiger partial charge in [0, 0.05) is 35.8 Å². The molecule has 31 heavy (non-hydrogen) atoms. The van der Waals surface area contributed by atoms with Gasteiger partial charge in [0.1, 0.15) is 0 Å². The molecule has 2 aromatic carbocycles. The van der Waals surface area contributed by atoms with E-state index in [2.05, 4.69) is 0 Å². The zero-order valence-electron chi connectivity index (χ0n) is 17.1. The van der Waals surface area contributed by atoms with Gasteiger partial charge in [-0.05, 0) is 60.3 Å². The number of halogens is 2. The second kappa shape index (κ2) is 10.0. The molecule has 3 rings (SSSR count). The molecule has 9 heteroatoms. The van der Waals surface area contributed by atoms with Crippen molar-refractivity contribution in [1.82, 2.24) is 4.90 Å². The first-order valence-electron chi connectivity index (χ1n) is 10.2. The van der Waals surface area contributed by atoms with E-state index in [1.807, 2.05) is 29.2 Å². The Bertz CT molecular complexity index is 986. The van der Waals surface area contributed by atoms with E-state index >= 15 is 0 Å². The van der Waals surface area contributed by atoms with Gasteiger partial charge in [-0.1, -0.05) is 47.8 Å². The van der Waals surface area contributed by atoms with Gasteiger partial charge in [0.15, 0.2) is 5.16 Å². The second-order valence-corrected chi connectivity index (χ2v) is 11.6. The summed E-state index contributed by atoms with van der Waals surface area (Å²) in [5, 5.41) is 9.53. The largest absolute Gasteiger partial charge is 0.480 e. The molecule has 0 amide bonds. The molecular weight excluding hydrogens is 458 g/mol. The van der Waals surface area contributed by atoms with Crippen LogP contribution in [0, 0.1) is 0 Å². The quantitative estimate of drug-likeness (QED) is 0.370. The Hall–Kier alpha value is -1.40. The molecule has 1 aliphatic rings. The monoisotopic (exact) mass is 484 g/mol. The number of hydrogen-bond acceptors (Lipinski definition) is 4. The highest BCUT2D eigenvalue weighted by molar-refractivity contribution is 7.61. The third-order valence-electron chi connectivity index (χ3n) is 5.94. The van der Waals surface area contributed by atoms with Crippen molar-refractivity contribution >= 4 is 36.5 Å². The zero-order valence-corrected chi connectivity index (χ0v) is 19.5. The van der Waals surface area contributed by atoms with Gasteiger partial charge < -0.3 is 15.7 Å². The summed E-state index contributed by atoms with van der Waals surface area (Å²) in [6.45, 7) is 1.23. The van der Waals surface area contributed by atoms with Crippen LogP contribution in [0.25, 0.3) is 11.1 Å². The second-order valence-electron chi connectivity index (χ2n) is 8.03. The topological polar surface area (TPSA) is 104 Å². The van der Waals surface area contributed by atoms with Crippen molar-refractivity contribution in [3.05, 3.63) is 58.1 Å². The minimum absolute atomic E-state index is 0.0172. The number of rotatable bonds is 8. The predicted molar refractivity (Wildman–Crippen MR) is 125 cm³/mol. The van der Waals surface area contributed by atoms with Crippen molar-refractivity contribution in [2.75, 3.05) is 25.8 Å². The number of nitrogens with zero attached hydrogens (tertiary/aromatic N) is 1. The maximum Gasteiger partial charge on any atom is 0.320 e. The summed E-state index contributed by atoms with van der Waals surface area (Å²) in [7, 11) is -3.87. The lowest BCUT2D eigenvalue weighted by Gasteiger charge is -2.43. The molecule has 0 aromatic heterocycles. The highest BCUT2D eigenvalue weighted by Gasteiger charge is 2.56. The Kier molecular flexibility index (Phi) is 7.85. The molecule has 1 saturated heterocycles. The van der Waals surface area contributed by atoms with Crippen molar-refractivity contribution in [3.63, 3.8) is 0 Å². The highest BCUT2D eigenvalue weighted by Crippen LogP contribution is 2.59. The maximum absolute atomic E-state index is 13.0. The number of unbranched alkanes of at least 4 members (excludes halogenated alkanes) is 1. The minimum atomic E-state index is -3.87. The van der Waals surface area contributed by atoms with E-state index in [0.717, 1.165) is 16.7 Å². The van der Waals surface area contributed by atoms with Gasteiger partial charge >= 0.3 is 5.97 Å². The first-order valence-corrected chi connectivity index (χ1v) is 12.8. The third-order valence-corrected chi connectivity index (χ3v) is 9.12. The Morgan fingerprint density at radius 2 is 1.81 bits per heavy atom. The zero-order chi connectivity index (χ0) is 22.6. The summed E-state index contributed by atoms with van der Waals surface area (Å²) in [4.78, 5) is 24.8. The minimum Gasteiger partial charge on any atom is -0.480 e. The van der Waals surface area contributed by atoms with E-state index < -0.39 is 18.5 Å². The third kappa shape index (κ3) is 5.33. The van der Waals surface area contributed by atoms with Gasteiger partial charge in [-0.3, -0.25) is 14.3 Å². The van der Waals surface area contributed by atoms with Gasteiger partial charge in [-0.25, -0.2) is 0 Å². The van der Waals surface area contributed by atoms with Gasteiger partial charge in [0.25, 0.3) is 0 Å². The summed E-state index contributed by atoms with van der Waals surface area (Å²) < 4.78 is 13.0. The molecule has 0 aliphatic carbocycles. The molecule has 1 heterocycles. The lowest BCUT2D eigenvalue weighted by atomic mass is 9.97. The van der Waals surface area contributed by atoms with Crippen LogP contribution in [0.5, 0.6) is 0 Å². The van der Waals surface area contributed by atoms with Crippen LogP contribution in [0.3, 0.4) is 0 Å². The summed E-state index contributed by atoms with van der Waals surface area (Å²) >= 11 is 12.3. The van der Waals surface area contributed by atoms with Gasteiger partial charge in [0.2, 0.25) is 7.37 Å². The summed E-state index contributed by atoms with van der Waals surface area (Å²) in [5.74, 6) is -1.21. The molecule has 0 spiro atoms. The highest BCUT2D eigenvalue weighted by atomic mass is 35.5. The number of nitrogens with two attached hydrogens (primary N) is 1. The number of benzene rings is 2. The smallest absolute Gasteiger partial charge is 0.320 e. The van der Waals surface area contributed by atoms with Crippen molar-refractivity contribution < 1.29 is 19.4 Å². The Balaban J connectivity index is 1.90. The number of hydrogen-bond donors (Lipinski definition) is 3. The average molecular weight is 485 g/mol. The van der Waals surface area contributed by atoms with E-state index in [9.17, 15) is 19.4 Å². The first-order chi connectivity index (χ1) is 14.7. The summed E-state index contributed by atoms with van der Waals surface area (Å²) in [6.07, 6.45) is 1.20. The van der Waals surface area contributed by atoms with E-state index in [1.54, 1.807) is 18.2 Å². The molecule has 0 radical (unpaired) electrons. The van der Waals surface area contributed by atoms with Gasteiger partial charge in [-0.2, -0.15) is 0 Å². The van der Waals surface area contributed by atoms with Crippen LogP contribution in [-0.4, -0.2) is 51.8 Å². The lowest BCUT2D eigenvalue weighted by Crippen LogP contribution is -2.53. The van der Waals surface area contributed by atoms with E-state index in [0.29, 0.717) is 42.5 Å². The van der Waals surface area contributed by atoms with Crippen LogP contribution >= 0.6 is 30.6 Å². The van der Waals surface area contributed by atoms with Gasteiger partial charge in [0.05, 0.1) is 0 Å². The van der Waals surface area contributed by atoms with Crippen LogP contribution in [-0.2, 0) is 15.9 Å². The molecule has 2 aromatic rings. The molecule has 0 bridgehead atoms. The van der Waals surface area contributed by atoms with E-state index in [1.165, 1.54) is 0 Å². The molecule has 1 fully saturated rings. The van der Waals surface area contributed by atoms with Crippen molar-refractivity contribution in [3.8, 4) is 11.1 Å². The fourth-order valence-corrected chi connectivity index (χ4v) is 6.66. The van der Waals surface area contributed by atoms with Gasteiger partial charge in [-0.15, -0.1) is 0 Å². The fraction of sp³-hybridized carbons (Fsp3) is 0.409. The SMILES string of the molecule is NCCCC[C@@]1(C(=O)O)CN(Cc2ccc(Cl)cc2-c2ccc(Cl)cc2)CCP1(=O)O. The molecule has 6 nitrogen and oxygen atoms in total. The molecule has 1 aliphatic heterocycles. The Labute approximate surface area is 192 Å². The predicted octanol–water partition coefficient (Wildman–Crippen LogP) is 4.70. The standard InChI is InChI=1S/C22H27Cl2N2O4P/c23-18-6-3-16(4-7-18)20-13-19(24)8-5-17(20)14-26-11-12-31(29,30)22(15-26,21(27)28)9-1-2-10-25/h3-8,13H,1-2,9-12,14-15,25H2,(H,27,28)(H,29,30)/t22-/m0/s1. The number of carboxylic acids is 1. The summed E-state index contributed by atoms with van der Waals surface area (Å²) in [5.41, 5.74) is 8.37. The van der Waals surface area contributed by atoms with Crippen molar-refractivity contribution in [2.45, 2.75) is 31.0 Å². The number of aliphatic carboxylic acids is 1. The lowest BCUT2D eigenvalue weighted by molar-refractivity contribution is -0.141. The normalized spacial score (nSPS) is 24.3. The van der Waals surface area contributed by atoms with Crippen LogP contribution in [0.15, 0.2) is 42.5 Å².